The van der Waals surface area contributed by atoms with Gasteiger partial charge in [-0.2, -0.15) is 0 Å². The van der Waals surface area contributed by atoms with Gasteiger partial charge in [-0.1, -0.05) is 13.3 Å². The molecule has 82 valence electrons. The second kappa shape index (κ2) is 5.32. The van der Waals surface area contributed by atoms with Crippen LogP contribution in [0, 0.1) is 5.92 Å². The van der Waals surface area contributed by atoms with Gasteiger partial charge in [0.15, 0.2) is 0 Å². The second-order valence-corrected chi connectivity index (χ2v) is 3.90. The average Bonchev–Trinajstić information content (AvgIpc) is 2.83. The van der Waals surface area contributed by atoms with Gasteiger partial charge >= 0.3 is 5.97 Å². The van der Waals surface area contributed by atoms with Gasteiger partial charge in [0, 0.05) is 13.2 Å². The molecule has 3 atom stereocenters. The Kier molecular flexibility index (Phi) is 4.35. The van der Waals surface area contributed by atoms with Gasteiger partial charge in [0.05, 0.1) is 6.61 Å². The molecule has 1 saturated carbocycles. The molecule has 0 aliphatic heterocycles. The molecule has 0 bridgehead atoms. The number of rotatable bonds is 7. The summed E-state index contributed by atoms with van der Waals surface area (Å²) in [5.74, 6) is -0.146. The van der Waals surface area contributed by atoms with Crippen LogP contribution in [0.3, 0.4) is 0 Å². The molecule has 0 spiro atoms. The van der Waals surface area contributed by atoms with Crippen molar-refractivity contribution < 1.29 is 14.6 Å². The zero-order valence-electron chi connectivity index (χ0n) is 8.82. The van der Waals surface area contributed by atoms with Gasteiger partial charge in [0.2, 0.25) is 0 Å². The van der Waals surface area contributed by atoms with E-state index in [9.17, 15) is 4.79 Å². The highest BCUT2D eigenvalue weighted by Crippen LogP contribution is 2.34. The first kappa shape index (κ1) is 11.5. The third kappa shape index (κ3) is 3.27. The lowest BCUT2D eigenvalue weighted by Crippen LogP contribution is -2.42. The van der Waals surface area contributed by atoms with Crippen LogP contribution in [0.25, 0.3) is 0 Å². The van der Waals surface area contributed by atoms with Crippen LogP contribution in [0.2, 0.25) is 0 Å². The fourth-order valence-electron chi connectivity index (χ4n) is 1.76. The molecule has 0 heterocycles. The zero-order chi connectivity index (χ0) is 10.6. The van der Waals surface area contributed by atoms with Crippen molar-refractivity contribution in [3.8, 4) is 0 Å². The number of aliphatic carboxylic acids is 1. The van der Waals surface area contributed by atoms with Crippen LogP contribution in [-0.2, 0) is 9.53 Å². The van der Waals surface area contributed by atoms with E-state index in [4.69, 9.17) is 9.84 Å². The molecule has 0 saturated heterocycles. The Bertz CT molecular complexity index is 196. The molecule has 1 rings (SSSR count). The van der Waals surface area contributed by atoms with E-state index in [0.717, 1.165) is 6.42 Å². The summed E-state index contributed by atoms with van der Waals surface area (Å²) in [6.45, 7) is 2.39. The third-order valence-electron chi connectivity index (χ3n) is 2.63. The second-order valence-electron chi connectivity index (χ2n) is 3.90. The van der Waals surface area contributed by atoms with Crippen LogP contribution in [0.4, 0.5) is 0 Å². The summed E-state index contributed by atoms with van der Waals surface area (Å²) in [4.78, 5) is 10.8. The highest BCUT2D eigenvalue weighted by Gasteiger charge is 2.38. The first-order chi connectivity index (χ1) is 6.69. The van der Waals surface area contributed by atoms with Crippen molar-refractivity contribution in [2.45, 2.75) is 38.3 Å². The van der Waals surface area contributed by atoms with Gasteiger partial charge in [-0.05, 0) is 18.8 Å². The lowest BCUT2D eigenvalue weighted by Gasteiger charge is -2.12. The lowest BCUT2D eigenvalue weighted by atomic mass is 10.2. The predicted molar refractivity (Wildman–Crippen MR) is 53.2 cm³/mol. The van der Waals surface area contributed by atoms with E-state index < -0.39 is 12.0 Å². The summed E-state index contributed by atoms with van der Waals surface area (Å²) in [5.41, 5.74) is 0. The number of carbonyl (C=O) groups is 1. The third-order valence-corrected chi connectivity index (χ3v) is 2.63. The van der Waals surface area contributed by atoms with Gasteiger partial charge in [0.25, 0.3) is 0 Å². The molecular formula is C10H19NO3. The molecule has 14 heavy (non-hydrogen) atoms. The molecular weight excluding hydrogens is 182 g/mol. The standard InChI is InChI=1S/C10H19NO3/c1-3-4-7-5-8(7)11-9(6-14-2)10(12)13/h7-9,11H,3-6H2,1-2H3,(H,12,13). The van der Waals surface area contributed by atoms with E-state index in [1.54, 1.807) is 0 Å². The van der Waals surface area contributed by atoms with E-state index in [-0.39, 0.29) is 6.61 Å². The number of hydrogen-bond acceptors (Lipinski definition) is 3. The molecule has 4 nitrogen and oxygen atoms in total. The summed E-state index contributed by atoms with van der Waals surface area (Å²) >= 11 is 0. The van der Waals surface area contributed by atoms with E-state index in [1.807, 2.05) is 0 Å². The van der Waals surface area contributed by atoms with E-state index in [1.165, 1.54) is 20.0 Å². The van der Waals surface area contributed by atoms with Gasteiger partial charge < -0.3 is 9.84 Å². The smallest absolute Gasteiger partial charge is 0.323 e. The summed E-state index contributed by atoms with van der Waals surface area (Å²) in [6, 6.07) is -0.155. The van der Waals surface area contributed by atoms with Gasteiger partial charge in [0.1, 0.15) is 6.04 Å². The van der Waals surface area contributed by atoms with Crippen LogP contribution < -0.4 is 5.32 Å². The van der Waals surface area contributed by atoms with E-state index >= 15 is 0 Å². The first-order valence-electron chi connectivity index (χ1n) is 5.16. The summed E-state index contributed by atoms with van der Waals surface area (Å²) in [7, 11) is 1.52. The van der Waals surface area contributed by atoms with E-state index in [2.05, 4.69) is 12.2 Å². The minimum absolute atomic E-state index is 0.241. The molecule has 2 N–H and O–H groups in total. The maximum Gasteiger partial charge on any atom is 0.323 e. The Hall–Kier alpha value is -0.610. The highest BCUT2D eigenvalue weighted by molar-refractivity contribution is 5.73. The number of nitrogens with one attached hydrogen (secondary N) is 1. The Morgan fingerprint density at radius 2 is 2.43 bits per heavy atom. The topological polar surface area (TPSA) is 58.6 Å². The van der Waals surface area contributed by atoms with Crippen molar-refractivity contribution in [3.63, 3.8) is 0 Å². The number of ether oxygens (including phenoxy) is 1. The van der Waals surface area contributed by atoms with Gasteiger partial charge in [-0.25, -0.2) is 0 Å². The molecule has 0 radical (unpaired) electrons. The summed E-state index contributed by atoms with van der Waals surface area (Å²) in [5, 5.41) is 12.0. The molecule has 0 aromatic carbocycles. The van der Waals surface area contributed by atoms with Crippen molar-refractivity contribution in [1.82, 2.24) is 5.32 Å². The molecule has 0 aromatic rings. The highest BCUT2D eigenvalue weighted by atomic mass is 16.5. The van der Waals surface area contributed by atoms with Crippen LogP contribution >= 0.6 is 0 Å². The van der Waals surface area contributed by atoms with Crippen molar-refractivity contribution >= 4 is 5.97 Å². The zero-order valence-corrected chi connectivity index (χ0v) is 8.82. The van der Waals surface area contributed by atoms with Crippen molar-refractivity contribution in [2.24, 2.45) is 5.92 Å². The van der Waals surface area contributed by atoms with Crippen LogP contribution in [0.15, 0.2) is 0 Å². The molecule has 4 heteroatoms. The van der Waals surface area contributed by atoms with Crippen LogP contribution in [0.1, 0.15) is 26.2 Å². The van der Waals surface area contributed by atoms with Crippen molar-refractivity contribution in [2.75, 3.05) is 13.7 Å². The monoisotopic (exact) mass is 201 g/mol. The molecule has 0 amide bonds. The lowest BCUT2D eigenvalue weighted by molar-refractivity contribution is -0.140. The average molecular weight is 201 g/mol. The van der Waals surface area contributed by atoms with E-state index in [0.29, 0.717) is 12.0 Å². The molecule has 1 aliphatic rings. The Labute approximate surface area is 84.6 Å². The Morgan fingerprint density at radius 3 is 2.93 bits per heavy atom. The minimum atomic E-state index is -0.825. The first-order valence-corrected chi connectivity index (χ1v) is 5.16. The SMILES string of the molecule is CCCC1CC1NC(COC)C(=O)O. The normalized spacial score (nSPS) is 27.3. The minimum Gasteiger partial charge on any atom is -0.480 e. The summed E-state index contributed by atoms with van der Waals surface area (Å²) in [6.07, 6.45) is 3.48. The molecule has 1 fully saturated rings. The molecule has 1 aliphatic carbocycles. The van der Waals surface area contributed by atoms with Gasteiger partial charge in [-0.15, -0.1) is 0 Å². The van der Waals surface area contributed by atoms with Crippen LogP contribution in [-0.4, -0.2) is 36.9 Å². The molecule has 3 unspecified atom stereocenters. The fraction of sp³-hybridized carbons (Fsp3) is 0.900. The van der Waals surface area contributed by atoms with Crippen molar-refractivity contribution in [1.29, 1.82) is 0 Å². The largest absolute Gasteiger partial charge is 0.480 e. The quantitative estimate of drug-likeness (QED) is 0.641. The number of carboxylic acid groups (broad SMARTS) is 1. The number of methoxy groups -OCH3 is 1. The Morgan fingerprint density at radius 1 is 1.71 bits per heavy atom. The van der Waals surface area contributed by atoms with Gasteiger partial charge in [-0.3, -0.25) is 10.1 Å². The van der Waals surface area contributed by atoms with Crippen molar-refractivity contribution in [3.05, 3.63) is 0 Å². The maximum atomic E-state index is 10.8. The molecule has 0 aromatic heterocycles. The van der Waals surface area contributed by atoms with Crippen LogP contribution in [0.5, 0.6) is 0 Å². The number of hydrogen-bond donors (Lipinski definition) is 2. The fourth-order valence-corrected chi connectivity index (χ4v) is 1.76. The predicted octanol–water partition coefficient (Wildman–Crippen LogP) is 0.864. The number of carboxylic acids is 1. The summed E-state index contributed by atoms with van der Waals surface area (Å²) < 4.78 is 4.85. The Balaban J connectivity index is 2.24. The maximum absolute atomic E-state index is 10.8.